The molecule has 0 unspecified atom stereocenters. The lowest BCUT2D eigenvalue weighted by Gasteiger charge is -2.12. The molecule has 3 N–H and O–H groups in total. The fourth-order valence-corrected chi connectivity index (χ4v) is 4.26. The van der Waals surface area contributed by atoms with E-state index in [0.29, 0.717) is 11.3 Å². The summed E-state index contributed by atoms with van der Waals surface area (Å²) in [5.74, 6) is -2.45. The number of nitrogens with two attached hydrogens (primary N) is 1. The molecular formula is C20H12F4N6O4S. The first-order valence-electron chi connectivity index (χ1n) is 9.51. The molecule has 1 aromatic carbocycles. The van der Waals surface area contributed by atoms with Crippen LogP contribution in [0.2, 0.25) is 0 Å². The molecule has 3 aromatic heterocycles. The van der Waals surface area contributed by atoms with E-state index < -0.39 is 41.0 Å². The molecule has 4 rings (SSSR count). The predicted octanol–water partition coefficient (Wildman–Crippen LogP) is 3.96. The molecule has 3 heterocycles. The van der Waals surface area contributed by atoms with Gasteiger partial charge in [-0.1, -0.05) is 12.1 Å². The summed E-state index contributed by atoms with van der Waals surface area (Å²) in [5, 5.41) is 16.9. The second-order valence-corrected chi connectivity index (χ2v) is 8.11. The summed E-state index contributed by atoms with van der Waals surface area (Å²) in [5.41, 5.74) is 3.68. The molecule has 0 aliphatic rings. The number of aromatic nitrogens is 3. The van der Waals surface area contributed by atoms with Gasteiger partial charge in [0, 0.05) is 5.39 Å². The van der Waals surface area contributed by atoms with Gasteiger partial charge in [-0.15, -0.1) is 11.3 Å². The van der Waals surface area contributed by atoms with Gasteiger partial charge in [-0.2, -0.15) is 18.3 Å². The largest absolute Gasteiger partial charge is 0.433 e. The van der Waals surface area contributed by atoms with E-state index >= 15 is 0 Å². The number of benzene rings is 1. The summed E-state index contributed by atoms with van der Waals surface area (Å²) in [4.78, 5) is 37.9. The third kappa shape index (κ3) is 4.79. The zero-order valence-electron chi connectivity index (χ0n) is 17.2. The molecule has 10 nitrogen and oxygen atoms in total. The van der Waals surface area contributed by atoms with Gasteiger partial charge >= 0.3 is 11.9 Å². The van der Waals surface area contributed by atoms with Gasteiger partial charge in [-0.25, -0.2) is 9.37 Å². The molecule has 35 heavy (non-hydrogen) atoms. The van der Waals surface area contributed by atoms with Gasteiger partial charge in [-0.3, -0.25) is 24.4 Å². The summed E-state index contributed by atoms with van der Waals surface area (Å²) in [6.07, 6.45) is -2.91. The molecule has 4 aromatic rings. The number of rotatable bonds is 6. The Morgan fingerprint density at radius 2 is 1.91 bits per heavy atom. The van der Waals surface area contributed by atoms with Gasteiger partial charge in [-0.05, 0) is 29.3 Å². The molecule has 0 spiro atoms. The van der Waals surface area contributed by atoms with Crippen molar-refractivity contribution >= 4 is 44.7 Å². The third-order valence-electron chi connectivity index (χ3n) is 4.73. The first kappa shape index (κ1) is 23.7. The van der Waals surface area contributed by atoms with Crippen LogP contribution >= 0.6 is 11.3 Å². The maximum Gasteiger partial charge on any atom is 0.433 e. The molecule has 15 heteroatoms. The van der Waals surface area contributed by atoms with Crippen LogP contribution in [0.1, 0.15) is 15.4 Å². The highest BCUT2D eigenvalue weighted by Crippen LogP contribution is 2.43. The Bertz CT molecular complexity index is 1480. The van der Waals surface area contributed by atoms with Crippen molar-refractivity contribution in [2.75, 3.05) is 5.32 Å². The molecule has 2 amide bonds. The van der Waals surface area contributed by atoms with E-state index in [1.165, 1.54) is 12.1 Å². The van der Waals surface area contributed by atoms with Crippen molar-refractivity contribution in [3.8, 4) is 11.1 Å². The number of amides is 2. The highest BCUT2D eigenvalue weighted by atomic mass is 32.1. The summed E-state index contributed by atoms with van der Waals surface area (Å²) in [6, 6.07) is 5.28. The van der Waals surface area contributed by atoms with Crippen LogP contribution in [-0.2, 0) is 17.5 Å². The minimum absolute atomic E-state index is 0.0109. The molecule has 0 radical (unpaired) electrons. The average molecular weight is 508 g/mol. The zero-order valence-corrected chi connectivity index (χ0v) is 18.0. The van der Waals surface area contributed by atoms with Crippen molar-refractivity contribution in [3.63, 3.8) is 0 Å². The highest BCUT2D eigenvalue weighted by Gasteiger charge is 2.35. The smallest absolute Gasteiger partial charge is 0.365 e. The van der Waals surface area contributed by atoms with E-state index in [2.05, 4.69) is 15.4 Å². The normalized spacial score (nSPS) is 11.5. The molecular weight excluding hydrogens is 496 g/mol. The molecule has 0 saturated carbocycles. The first-order valence-corrected chi connectivity index (χ1v) is 10.3. The van der Waals surface area contributed by atoms with Gasteiger partial charge < -0.3 is 11.1 Å². The first-order chi connectivity index (χ1) is 16.4. The van der Waals surface area contributed by atoms with Crippen LogP contribution < -0.4 is 11.1 Å². The number of thiophene rings is 1. The lowest BCUT2D eigenvalue weighted by atomic mass is 10.0. The second-order valence-electron chi connectivity index (χ2n) is 7.11. The second kappa shape index (κ2) is 8.75. The Morgan fingerprint density at radius 3 is 2.49 bits per heavy atom. The van der Waals surface area contributed by atoms with Crippen molar-refractivity contribution in [1.29, 1.82) is 0 Å². The quantitative estimate of drug-likeness (QED) is 0.229. The fraction of sp³-hybridized carbons (Fsp3) is 0.100. The Morgan fingerprint density at radius 1 is 1.23 bits per heavy atom. The highest BCUT2D eigenvalue weighted by molar-refractivity contribution is 7.21. The number of hydrogen-bond donors (Lipinski definition) is 2. The van der Waals surface area contributed by atoms with E-state index in [-0.39, 0.29) is 37.6 Å². The number of carbonyl (C=O) groups excluding carboxylic acids is 2. The fourth-order valence-electron chi connectivity index (χ4n) is 3.25. The van der Waals surface area contributed by atoms with E-state index in [4.69, 9.17) is 5.73 Å². The van der Waals surface area contributed by atoms with Crippen LogP contribution in [0.5, 0.6) is 0 Å². The maximum absolute atomic E-state index is 13.5. The van der Waals surface area contributed by atoms with Crippen molar-refractivity contribution in [2.45, 2.75) is 12.7 Å². The van der Waals surface area contributed by atoms with Crippen molar-refractivity contribution in [3.05, 3.63) is 69.2 Å². The van der Waals surface area contributed by atoms with Crippen LogP contribution in [0.25, 0.3) is 21.3 Å². The lowest BCUT2D eigenvalue weighted by molar-refractivity contribution is -0.385. The molecule has 0 saturated heterocycles. The number of carbonyl (C=O) groups is 2. The Balaban J connectivity index is 1.85. The van der Waals surface area contributed by atoms with Crippen LogP contribution in [0, 0.1) is 15.9 Å². The van der Waals surface area contributed by atoms with Gasteiger partial charge in [0.1, 0.15) is 40.2 Å². The van der Waals surface area contributed by atoms with E-state index in [0.717, 1.165) is 35.3 Å². The van der Waals surface area contributed by atoms with Crippen molar-refractivity contribution < 1.29 is 32.1 Å². The Labute approximate surface area is 196 Å². The lowest BCUT2D eigenvalue weighted by Crippen LogP contribution is -2.21. The van der Waals surface area contributed by atoms with Crippen LogP contribution in [0.3, 0.4) is 0 Å². The number of alkyl halides is 3. The number of fused-ring (bicyclic) bond motifs is 1. The number of halogens is 4. The Kier molecular flexibility index (Phi) is 5.94. The SMILES string of the molecule is NC(=O)c1sc2nc(C(F)(F)F)cc(-c3ccc(F)cc3)c2c1NC(=O)Cn1cc([N+](=O)[O-])cn1. The summed E-state index contributed by atoms with van der Waals surface area (Å²) in [6.45, 7) is -0.511. The molecule has 0 fully saturated rings. The number of nitrogens with zero attached hydrogens (tertiary/aromatic N) is 4. The van der Waals surface area contributed by atoms with E-state index in [1.54, 1.807) is 0 Å². The van der Waals surface area contributed by atoms with Crippen LogP contribution in [-0.4, -0.2) is 31.5 Å². The number of nitrogens with one attached hydrogen (secondary N) is 1. The van der Waals surface area contributed by atoms with Crippen LogP contribution in [0.4, 0.5) is 28.9 Å². The number of pyridine rings is 1. The van der Waals surface area contributed by atoms with Crippen molar-refractivity contribution in [1.82, 2.24) is 14.8 Å². The van der Waals surface area contributed by atoms with Crippen molar-refractivity contribution in [2.24, 2.45) is 5.73 Å². The minimum Gasteiger partial charge on any atom is -0.365 e. The third-order valence-corrected chi connectivity index (χ3v) is 5.83. The average Bonchev–Trinajstić information content (AvgIpc) is 3.38. The summed E-state index contributed by atoms with van der Waals surface area (Å²) < 4.78 is 55.0. The molecule has 0 bridgehead atoms. The Hall–Kier alpha value is -4.40. The standard InChI is InChI=1S/C20H12F4N6O4S/c21-10-3-1-9(2-4-10)12-5-13(20(22,23)24)27-19-15(12)16(17(35-19)18(25)32)28-14(31)8-29-7-11(6-26-29)30(33)34/h1-7H,8H2,(H2,25,32)(H,28,31). The monoisotopic (exact) mass is 508 g/mol. The van der Waals surface area contributed by atoms with Crippen LogP contribution in [0.15, 0.2) is 42.7 Å². The van der Waals surface area contributed by atoms with Gasteiger partial charge in [0.25, 0.3) is 5.91 Å². The van der Waals surface area contributed by atoms with Gasteiger partial charge in [0.2, 0.25) is 5.91 Å². The topological polar surface area (TPSA) is 146 Å². The van der Waals surface area contributed by atoms with Gasteiger partial charge in [0.15, 0.2) is 0 Å². The summed E-state index contributed by atoms with van der Waals surface area (Å²) >= 11 is 0.544. The summed E-state index contributed by atoms with van der Waals surface area (Å²) in [7, 11) is 0. The minimum atomic E-state index is -4.84. The number of nitro groups is 1. The molecule has 180 valence electrons. The zero-order chi connectivity index (χ0) is 25.5. The number of primary amides is 1. The predicted molar refractivity (Wildman–Crippen MR) is 116 cm³/mol. The number of anilines is 1. The van der Waals surface area contributed by atoms with E-state index in [9.17, 15) is 37.3 Å². The molecule has 0 atom stereocenters. The van der Waals surface area contributed by atoms with E-state index in [1.807, 2.05) is 0 Å². The molecule has 0 aliphatic carbocycles. The maximum atomic E-state index is 13.5. The molecule has 0 aliphatic heterocycles. The van der Waals surface area contributed by atoms with Gasteiger partial charge in [0.05, 0.1) is 10.6 Å². The number of hydrogen-bond acceptors (Lipinski definition) is 7.